The summed E-state index contributed by atoms with van der Waals surface area (Å²) in [6, 6.07) is 6.34. The fourth-order valence-electron chi connectivity index (χ4n) is 2.69. The summed E-state index contributed by atoms with van der Waals surface area (Å²) in [4.78, 5) is 28.3. The summed E-state index contributed by atoms with van der Waals surface area (Å²) < 4.78 is 6.63. The molecule has 0 bridgehead atoms. The Morgan fingerprint density at radius 1 is 1.38 bits per heavy atom. The van der Waals surface area contributed by atoms with Crippen LogP contribution in [0.1, 0.15) is 12.0 Å². The van der Waals surface area contributed by atoms with Crippen molar-refractivity contribution in [2.75, 3.05) is 7.11 Å². The van der Waals surface area contributed by atoms with Crippen molar-refractivity contribution >= 4 is 34.2 Å². The molecule has 0 amide bonds. The molecular formula is C16H13N5O4S. The number of aromatic nitrogens is 3. The smallest absolute Gasteiger partial charge is 0.328 e. The van der Waals surface area contributed by atoms with Gasteiger partial charge in [0.1, 0.15) is 16.6 Å². The molecule has 4 rings (SSSR count). The van der Waals surface area contributed by atoms with Crippen molar-refractivity contribution in [2.24, 2.45) is 5.10 Å². The summed E-state index contributed by atoms with van der Waals surface area (Å²) in [7, 11) is 1.58. The third-order valence-electron chi connectivity index (χ3n) is 4.02. The van der Waals surface area contributed by atoms with Gasteiger partial charge in [-0.1, -0.05) is 11.3 Å². The molecule has 0 fully saturated rings. The molecule has 132 valence electrons. The third kappa shape index (κ3) is 2.69. The van der Waals surface area contributed by atoms with Gasteiger partial charge >= 0.3 is 5.97 Å². The molecule has 1 aliphatic rings. The maximum Gasteiger partial charge on any atom is 0.328 e. The summed E-state index contributed by atoms with van der Waals surface area (Å²) in [6.07, 6.45) is 2.97. The first kappa shape index (κ1) is 16.2. The van der Waals surface area contributed by atoms with Crippen LogP contribution in [0.5, 0.6) is 5.75 Å². The van der Waals surface area contributed by atoms with Crippen LogP contribution >= 0.6 is 11.3 Å². The highest BCUT2D eigenvalue weighted by molar-refractivity contribution is 7.14. The van der Waals surface area contributed by atoms with Gasteiger partial charge in [-0.15, -0.1) is 0 Å². The molecule has 3 heterocycles. The highest BCUT2D eigenvalue weighted by atomic mass is 32.1. The third-order valence-corrected chi connectivity index (χ3v) is 4.98. The first-order valence-electron chi connectivity index (χ1n) is 7.64. The van der Waals surface area contributed by atoms with E-state index in [9.17, 15) is 14.7 Å². The Morgan fingerprint density at radius 2 is 2.15 bits per heavy atom. The second-order valence-electron chi connectivity index (χ2n) is 5.57. The normalized spacial score (nSPS) is 17.7. The van der Waals surface area contributed by atoms with Crippen LogP contribution in [0, 0.1) is 0 Å². The summed E-state index contributed by atoms with van der Waals surface area (Å²) in [5.74, 6) is -0.309. The van der Waals surface area contributed by atoms with Crippen LogP contribution in [-0.2, 0) is 4.79 Å². The van der Waals surface area contributed by atoms with Crippen molar-refractivity contribution < 1.29 is 14.6 Å². The zero-order valence-corrected chi connectivity index (χ0v) is 14.4. The van der Waals surface area contributed by atoms with E-state index in [0.29, 0.717) is 21.0 Å². The number of hydrazone groups is 1. The van der Waals surface area contributed by atoms with Crippen LogP contribution in [0.25, 0.3) is 11.2 Å². The molecule has 26 heavy (non-hydrogen) atoms. The zero-order valence-electron chi connectivity index (χ0n) is 13.6. The number of fused-ring (bicyclic) bond motifs is 1. The van der Waals surface area contributed by atoms with Crippen LogP contribution in [0.4, 0.5) is 0 Å². The average molecular weight is 371 g/mol. The van der Waals surface area contributed by atoms with Gasteiger partial charge in [0.2, 0.25) is 4.96 Å². The lowest BCUT2D eigenvalue weighted by molar-refractivity contribution is -0.141. The van der Waals surface area contributed by atoms with Gasteiger partial charge in [-0.2, -0.15) is 14.7 Å². The van der Waals surface area contributed by atoms with E-state index in [-0.39, 0.29) is 12.0 Å². The monoisotopic (exact) mass is 371 g/mol. The molecule has 10 heteroatoms. The van der Waals surface area contributed by atoms with Crippen molar-refractivity contribution in [3.8, 4) is 5.75 Å². The number of thiazole rings is 1. The van der Waals surface area contributed by atoms with Crippen LogP contribution in [0.2, 0.25) is 0 Å². The van der Waals surface area contributed by atoms with E-state index < -0.39 is 12.0 Å². The largest absolute Gasteiger partial charge is 0.497 e. The fourth-order valence-corrected chi connectivity index (χ4v) is 3.54. The first-order valence-corrected chi connectivity index (χ1v) is 8.46. The van der Waals surface area contributed by atoms with Crippen LogP contribution in [-0.4, -0.2) is 49.5 Å². The number of ether oxygens (including phenoxy) is 1. The molecule has 9 nitrogen and oxygen atoms in total. The van der Waals surface area contributed by atoms with Gasteiger partial charge in [0.05, 0.1) is 12.8 Å². The molecule has 0 spiro atoms. The Bertz CT molecular complexity index is 1120. The maximum atomic E-state index is 12.3. The molecule has 0 saturated carbocycles. The molecular weight excluding hydrogens is 358 g/mol. The Labute approximate surface area is 150 Å². The van der Waals surface area contributed by atoms with Gasteiger partial charge in [-0.05, 0) is 29.8 Å². The van der Waals surface area contributed by atoms with Gasteiger partial charge in [-0.3, -0.25) is 9.80 Å². The quantitative estimate of drug-likeness (QED) is 0.697. The summed E-state index contributed by atoms with van der Waals surface area (Å²) in [5, 5.41) is 19.1. The number of rotatable bonds is 4. The van der Waals surface area contributed by atoms with E-state index in [0.717, 1.165) is 16.9 Å². The Morgan fingerprint density at radius 3 is 2.81 bits per heavy atom. The minimum atomic E-state index is -1.01. The lowest BCUT2D eigenvalue weighted by atomic mass is 10.0. The number of benzene rings is 1. The van der Waals surface area contributed by atoms with Gasteiger partial charge in [0.25, 0.3) is 5.56 Å². The van der Waals surface area contributed by atoms with Crippen molar-refractivity contribution in [2.45, 2.75) is 12.5 Å². The van der Waals surface area contributed by atoms with E-state index in [1.807, 2.05) is 12.1 Å². The van der Waals surface area contributed by atoms with Crippen molar-refractivity contribution in [3.63, 3.8) is 0 Å². The molecule has 0 radical (unpaired) electrons. The number of aliphatic carboxylic acids is 1. The predicted molar refractivity (Wildman–Crippen MR) is 94.2 cm³/mol. The van der Waals surface area contributed by atoms with Gasteiger partial charge in [0, 0.05) is 12.6 Å². The number of carbonyl (C=O) groups is 1. The second kappa shape index (κ2) is 6.23. The summed E-state index contributed by atoms with van der Waals surface area (Å²) >= 11 is 1.13. The molecule has 0 saturated heterocycles. The number of methoxy groups -OCH3 is 1. The number of carboxylic acids is 1. The van der Waals surface area contributed by atoms with E-state index in [4.69, 9.17) is 4.74 Å². The lowest BCUT2D eigenvalue weighted by Crippen LogP contribution is -2.34. The number of nitrogens with zero attached hydrogens (tertiary/aromatic N) is 5. The lowest BCUT2D eigenvalue weighted by Gasteiger charge is -2.14. The van der Waals surface area contributed by atoms with E-state index in [1.165, 1.54) is 22.1 Å². The first-order chi connectivity index (χ1) is 12.6. The standard InChI is InChI=1S/C16H13N5O4S/c1-25-10-4-2-9(3-5-10)11-6-12(15(23)24)20(19-11)7-13-14(22)21-16(26-13)17-8-18-21/h2-5,7-8,12H,6H2,1H3,(H,23,24)/b13-7-/t12-/m0/s1. The summed E-state index contributed by atoms with van der Waals surface area (Å²) in [6.45, 7) is 0. The number of carboxylic acid groups (broad SMARTS) is 1. The summed E-state index contributed by atoms with van der Waals surface area (Å²) in [5.41, 5.74) is 1.08. The minimum absolute atomic E-state index is 0.229. The number of hydrogen-bond acceptors (Lipinski definition) is 8. The molecule has 3 aromatic rings. The molecule has 2 aromatic heterocycles. The van der Waals surface area contributed by atoms with Crippen molar-refractivity contribution in [1.82, 2.24) is 19.6 Å². The zero-order chi connectivity index (χ0) is 18.3. The Balaban J connectivity index is 1.74. The SMILES string of the molecule is COc1ccc(C2=NN(/C=c3\sc4ncnn4c3=O)[C@H](C(=O)O)C2)cc1. The maximum absolute atomic E-state index is 12.3. The van der Waals surface area contributed by atoms with E-state index >= 15 is 0 Å². The fraction of sp³-hybridized carbons (Fsp3) is 0.188. The second-order valence-corrected chi connectivity index (χ2v) is 6.58. The topological polar surface area (TPSA) is 109 Å². The Kier molecular flexibility index (Phi) is 3.88. The van der Waals surface area contributed by atoms with Crippen LogP contribution in [0.3, 0.4) is 0 Å². The molecule has 0 aliphatic carbocycles. The predicted octanol–water partition coefficient (Wildman–Crippen LogP) is 0.180. The van der Waals surface area contributed by atoms with Crippen LogP contribution < -0.4 is 14.8 Å². The van der Waals surface area contributed by atoms with Gasteiger partial charge in [-0.25, -0.2) is 9.78 Å². The average Bonchev–Trinajstić information content (AvgIpc) is 3.33. The minimum Gasteiger partial charge on any atom is -0.497 e. The number of hydrogen-bond donors (Lipinski definition) is 1. The van der Waals surface area contributed by atoms with Crippen molar-refractivity contribution in [1.29, 1.82) is 0 Å². The molecule has 1 atom stereocenters. The highest BCUT2D eigenvalue weighted by Crippen LogP contribution is 2.22. The van der Waals surface area contributed by atoms with E-state index in [2.05, 4.69) is 15.2 Å². The molecule has 1 aromatic carbocycles. The van der Waals surface area contributed by atoms with Crippen LogP contribution in [0.15, 0.2) is 40.5 Å². The molecule has 1 N–H and O–H groups in total. The van der Waals surface area contributed by atoms with E-state index in [1.54, 1.807) is 19.2 Å². The van der Waals surface area contributed by atoms with Gasteiger partial charge < -0.3 is 9.84 Å². The molecule has 1 aliphatic heterocycles. The Hall–Kier alpha value is -3.27. The molecule has 0 unspecified atom stereocenters. The van der Waals surface area contributed by atoms with Crippen molar-refractivity contribution in [3.05, 3.63) is 51.0 Å². The van der Waals surface area contributed by atoms with Gasteiger partial charge in [0.15, 0.2) is 6.04 Å². The highest BCUT2D eigenvalue weighted by Gasteiger charge is 2.32.